The van der Waals surface area contributed by atoms with E-state index in [1.165, 1.54) is 16.8 Å². The van der Waals surface area contributed by atoms with Crippen molar-refractivity contribution in [2.75, 3.05) is 12.5 Å². The lowest BCUT2D eigenvalue weighted by atomic mass is 10.6. The van der Waals surface area contributed by atoms with Gasteiger partial charge in [-0.05, 0) is 0 Å². The number of hydrogen-bond acceptors (Lipinski definition) is 3. The lowest BCUT2D eigenvalue weighted by Crippen LogP contribution is -2.29. The minimum absolute atomic E-state index is 0.0995. The summed E-state index contributed by atoms with van der Waals surface area (Å²) in [5.74, 6) is 0.373. The summed E-state index contributed by atoms with van der Waals surface area (Å²) in [6, 6.07) is 1.26. The SMILES string of the molecule is O=c1ccn(COCCCl)c(=O)[nH]1. The third kappa shape index (κ3) is 3.04. The predicted molar refractivity (Wildman–Crippen MR) is 48.0 cm³/mol. The Labute approximate surface area is 78.9 Å². The molecule has 0 radical (unpaired) electrons. The highest BCUT2D eigenvalue weighted by Gasteiger charge is 1.94. The van der Waals surface area contributed by atoms with Gasteiger partial charge in [0, 0.05) is 18.1 Å². The minimum Gasteiger partial charge on any atom is -0.359 e. The molecule has 72 valence electrons. The van der Waals surface area contributed by atoms with E-state index in [1.807, 2.05) is 0 Å². The summed E-state index contributed by atoms with van der Waals surface area (Å²) >= 11 is 5.36. The monoisotopic (exact) mass is 204 g/mol. The molecule has 1 aromatic heterocycles. The first kappa shape index (κ1) is 10.0. The number of rotatable bonds is 4. The Bertz CT molecular complexity index is 370. The van der Waals surface area contributed by atoms with Gasteiger partial charge >= 0.3 is 5.69 Å². The molecule has 0 bridgehead atoms. The van der Waals surface area contributed by atoms with Crippen LogP contribution in [0.3, 0.4) is 0 Å². The molecule has 0 aliphatic rings. The predicted octanol–water partition coefficient (Wildman–Crippen LogP) is -0.250. The fraction of sp³-hybridized carbons (Fsp3) is 0.429. The van der Waals surface area contributed by atoms with Crippen LogP contribution in [0, 0.1) is 0 Å². The van der Waals surface area contributed by atoms with Gasteiger partial charge in [0.05, 0.1) is 6.61 Å². The molecule has 0 atom stereocenters. The van der Waals surface area contributed by atoms with E-state index in [4.69, 9.17) is 16.3 Å². The summed E-state index contributed by atoms with van der Waals surface area (Å²) in [6.45, 7) is 0.468. The van der Waals surface area contributed by atoms with Crippen molar-refractivity contribution in [2.24, 2.45) is 0 Å². The number of H-pyrrole nitrogens is 1. The van der Waals surface area contributed by atoms with E-state index in [0.717, 1.165) is 0 Å². The molecular formula is C7H9ClN2O3. The van der Waals surface area contributed by atoms with Crippen molar-refractivity contribution in [1.29, 1.82) is 0 Å². The van der Waals surface area contributed by atoms with Gasteiger partial charge in [-0.2, -0.15) is 0 Å². The first-order chi connectivity index (χ1) is 6.24. The van der Waals surface area contributed by atoms with Crippen LogP contribution in [0.15, 0.2) is 21.9 Å². The summed E-state index contributed by atoms with van der Waals surface area (Å²) in [7, 11) is 0. The van der Waals surface area contributed by atoms with Gasteiger partial charge in [-0.25, -0.2) is 4.79 Å². The molecule has 0 amide bonds. The molecule has 0 aliphatic heterocycles. The molecule has 0 saturated carbocycles. The van der Waals surface area contributed by atoms with Gasteiger partial charge in [-0.15, -0.1) is 11.6 Å². The largest absolute Gasteiger partial charge is 0.359 e. The van der Waals surface area contributed by atoms with E-state index >= 15 is 0 Å². The number of hydrogen-bond donors (Lipinski definition) is 1. The second-order valence-electron chi connectivity index (χ2n) is 2.31. The number of alkyl halides is 1. The van der Waals surface area contributed by atoms with Crippen molar-refractivity contribution in [2.45, 2.75) is 6.73 Å². The Morgan fingerprint density at radius 3 is 2.92 bits per heavy atom. The lowest BCUT2D eigenvalue weighted by molar-refractivity contribution is 0.0857. The van der Waals surface area contributed by atoms with E-state index in [2.05, 4.69) is 4.98 Å². The van der Waals surface area contributed by atoms with Crippen molar-refractivity contribution in [1.82, 2.24) is 9.55 Å². The Hall–Kier alpha value is -1.07. The summed E-state index contributed by atoms with van der Waals surface area (Å²) in [6.07, 6.45) is 1.37. The lowest BCUT2D eigenvalue weighted by Gasteiger charge is -2.03. The normalized spacial score (nSPS) is 10.2. The minimum atomic E-state index is -0.484. The van der Waals surface area contributed by atoms with E-state index in [-0.39, 0.29) is 6.73 Å². The number of nitrogens with one attached hydrogen (secondary N) is 1. The molecule has 0 unspecified atom stereocenters. The van der Waals surface area contributed by atoms with E-state index in [0.29, 0.717) is 12.5 Å². The van der Waals surface area contributed by atoms with Gasteiger partial charge < -0.3 is 4.74 Å². The smallest absolute Gasteiger partial charge is 0.330 e. The second-order valence-corrected chi connectivity index (χ2v) is 2.68. The van der Waals surface area contributed by atoms with Crippen LogP contribution in [0.25, 0.3) is 0 Å². The summed E-state index contributed by atoms with van der Waals surface area (Å²) < 4.78 is 6.24. The fourth-order valence-corrected chi connectivity index (χ4v) is 0.872. The topological polar surface area (TPSA) is 64.1 Å². The molecule has 0 aromatic carbocycles. The number of ether oxygens (including phenoxy) is 1. The molecule has 1 heterocycles. The van der Waals surface area contributed by atoms with Crippen LogP contribution in [-0.2, 0) is 11.5 Å². The molecule has 0 fully saturated rings. The zero-order valence-electron chi connectivity index (χ0n) is 6.83. The maximum Gasteiger partial charge on any atom is 0.330 e. The Balaban J connectivity index is 2.67. The third-order valence-corrected chi connectivity index (χ3v) is 1.50. The average molecular weight is 205 g/mol. The molecule has 0 saturated heterocycles. The summed E-state index contributed by atoms with van der Waals surface area (Å²) in [4.78, 5) is 23.8. The van der Waals surface area contributed by atoms with Gasteiger partial charge in [-0.3, -0.25) is 14.3 Å². The molecule has 1 N–H and O–H groups in total. The molecule has 6 heteroatoms. The Morgan fingerprint density at radius 2 is 2.31 bits per heavy atom. The molecule has 0 spiro atoms. The molecule has 1 rings (SSSR count). The molecular weight excluding hydrogens is 196 g/mol. The Kier molecular flexibility index (Phi) is 3.72. The van der Waals surface area contributed by atoms with Crippen LogP contribution < -0.4 is 11.2 Å². The second kappa shape index (κ2) is 4.84. The van der Waals surface area contributed by atoms with Gasteiger partial charge in [0.15, 0.2) is 0 Å². The van der Waals surface area contributed by atoms with Crippen LogP contribution >= 0.6 is 11.6 Å². The molecule has 1 aromatic rings. The van der Waals surface area contributed by atoms with Gasteiger partial charge in [0.2, 0.25) is 0 Å². The quantitative estimate of drug-likeness (QED) is 0.543. The molecule has 0 aliphatic carbocycles. The van der Waals surface area contributed by atoms with Crippen LogP contribution in [0.2, 0.25) is 0 Å². The van der Waals surface area contributed by atoms with Crippen molar-refractivity contribution < 1.29 is 4.74 Å². The number of nitrogens with zero attached hydrogens (tertiary/aromatic N) is 1. The van der Waals surface area contributed by atoms with Gasteiger partial charge in [-0.1, -0.05) is 0 Å². The highest BCUT2D eigenvalue weighted by molar-refractivity contribution is 6.17. The van der Waals surface area contributed by atoms with Gasteiger partial charge in [0.25, 0.3) is 5.56 Å². The van der Waals surface area contributed by atoms with Crippen molar-refractivity contribution in [3.8, 4) is 0 Å². The zero-order chi connectivity index (χ0) is 9.68. The van der Waals surface area contributed by atoms with E-state index < -0.39 is 11.2 Å². The summed E-state index contributed by atoms with van der Waals surface area (Å²) in [5, 5.41) is 0. The van der Waals surface area contributed by atoms with Gasteiger partial charge in [0.1, 0.15) is 6.73 Å². The fourth-order valence-electron chi connectivity index (χ4n) is 0.763. The van der Waals surface area contributed by atoms with Crippen LogP contribution in [0.4, 0.5) is 0 Å². The van der Waals surface area contributed by atoms with Crippen molar-refractivity contribution in [3.05, 3.63) is 33.1 Å². The maximum absolute atomic E-state index is 11.0. The highest BCUT2D eigenvalue weighted by atomic mass is 35.5. The third-order valence-electron chi connectivity index (χ3n) is 1.35. The van der Waals surface area contributed by atoms with Crippen LogP contribution in [-0.4, -0.2) is 22.0 Å². The Morgan fingerprint density at radius 1 is 1.54 bits per heavy atom. The molecule has 5 nitrogen and oxygen atoms in total. The van der Waals surface area contributed by atoms with Crippen molar-refractivity contribution in [3.63, 3.8) is 0 Å². The number of aromatic amines is 1. The molecule has 13 heavy (non-hydrogen) atoms. The highest BCUT2D eigenvalue weighted by Crippen LogP contribution is 1.82. The van der Waals surface area contributed by atoms with Crippen LogP contribution in [0.5, 0.6) is 0 Å². The standard InChI is InChI=1S/C7H9ClN2O3/c8-2-4-13-5-10-3-1-6(11)9-7(10)12/h1,3H,2,4-5H2,(H,9,11,12). The maximum atomic E-state index is 11.0. The first-order valence-electron chi connectivity index (χ1n) is 3.67. The first-order valence-corrected chi connectivity index (χ1v) is 4.21. The van der Waals surface area contributed by atoms with Crippen LogP contribution in [0.1, 0.15) is 0 Å². The zero-order valence-corrected chi connectivity index (χ0v) is 7.58. The number of halogens is 1. The number of aromatic nitrogens is 2. The average Bonchev–Trinajstić information content (AvgIpc) is 2.09. The van der Waals surface area contributed by atoms with E-state index in [9.17, 15) is 9.59 Å². The van der Waals surface area contributed by atoms with E-state index in [1.54, 1.807) is 0 Å². The van der Waals surface area contributed by atoms with Crippen molar-refractivity contribution >= 4 is 11.6 Å². The summed E-state index contributed by atoms with van der Waals surface area (Å²) in [5.41, 5.74) is -0.902.